The zero-order valence-electron chi connectivity index (χ0n) is 19.5. The molecule has 0 spiro atoms. The number of nitrogens with one attached hydrogen (secondary N) is 1. The Kier molecular flexibility index (Phi) is 6.87. The van der Waals surface area contributed by atoms with Crippen LogP contribution in [0.25, 0.3) is 5.57 Å². The van der Waals surface area contributed by atoms with Gasteiger partial charge in [-0.25, -0.2) is 14.1 Å². The summed E-state index contributed by atoms with van der Waals surface area (Å²) in [4.78, 5) is 11.1. The number of amidine groups is 1. The molecule has 37 heavy (non-hydrogen) atoms. The van der Waals surface area contributed by atoms with Crippen molar-refractivity contribution in [3.63, 3.8) is 0 Å². The second-order valence-corrected chi connectivity index (χ2v) is 11.8. The van der Waals surface area contributed by atoms with Gasteiger partial charge in [-0.3, -0.25) is 4.99 Å². The van der Waals surface area contributed by atoms with Crippen molar-refractivity contribution in [1.29, 1.82) is 0 Å². The van der Waals surface area contributed by atoms with Crippen LogP contribution in [0.15, 0.2) is 52.9 Å². The van der Waals surface area contributed by atoms with E-state index in [-0.39, 0.29) is 18.0 Å². The molecule has 1 saturated heterocycles. The molecule has 2 aromatic heterocycles. The first kappa shape index (κ1) is 25.9. The van der Waals surface area contributed by atoms with Gasteiger partial charge in [-0.15, -0.1) is 11.3 Å². The lowest BCUT2D eigenvalue weighted by Gasteiger charge is -2.32. The summed E-state index contributed by atoms with van der Waals surface area (Å²) in [6.45, 7) is -2.62. The Bertz CT molecular complexity index is 1490. The highest BCUT2D eigenvalue weighted by molar-refractivity contribution is 7.87. The van der Waals surface area contributed by atoms with Crippen LogP contribution < -0.4 is 4.72 Å². The van der Waals surface area contributed by atoms with Gasteiger partial charge in [0.1, 0.15) is 11.9 Å². The zero-order valence-corrected chi connectivity index (χ0v) is 21.9. The first-order chi connectivity index (χ1) is 17.5. The molecule has 0 bridgehead atoms. The molecule has 15 heteroatoms. The van der Waals surface area contributed by atoms with Crippen LogP contribution in [0.4, 0.5) is 13.2 Å². The highest BCUT2D eigenvalue weighted by Crippen LogP contribution is 2.46. The number of fused-ring (bicyclic) bond motifs is 1. The number of hydrogen-bond acceptors (Lipinski definition) is 7. The van der Waals surface area contributed by atoms with E-state index in [1.165, 1.54) is 50.0 Å². The molecular weight excluding hydrogens is 551 g/mol. The summed E-state index contributed by atoms with van der Waals surface area (Å²) in [5, 5.41) is 6.26. The number of nitrogens with zero attached hydrogens (tertiary/aromatic N) is 6. The highest BCUT2D eigenvalue weighted by atomic mass is 35.5. The minimum atomic E-state index is -3.76. The van der Waals surface area contributed by atoms with Crippen molar-refractivity contribution in [3.8, 4) is 0 Å². The largest absolute Gasteiger partial charge is 0.333 e. The third-order valence-electron chi connectivity index (χ3n) is 6.05. The Morgan fingerprint density at radius 3 is 2.70 bits per heavy atom. The molecule has 0 unspecified atom stereocenters. The topological polar surface area (TPSA) is 95.7 Å². The van der Waals surface area contributed by atoms with Gasteiger partial charge in [-0.05, 0) is 17.7 Å². The molecule has 3 aromatic rings. The summed E-state index contributed by atoms with van der Waals surface area (Å²) >= 11 is 7.79. The van der Waals surface area contributed by atoms with Crippen molar-refractivity contribution in [2.45, 2.75) is 25.1 Å². The summed E-state index contributed by atoms with van der Waals surface area (Å²) in [5.41, 5.74) is 2.00. The Morgan fingerprint density at radius 1 is 1.30 bits per heavy atom. The Hall–Kier alpha value is -2.78. The standard InChI is InChI=1S/C22H21ClF3N7O2S2/c1-31(2)37(34,35)30-14-8-17-18(12-9-28-33(10-12)22(25)26)19(15-4-3-13(24)7-16(15)23)29-20(32(17)11-14)21-27-5-6-36-21/h3-7,9-10,14,19,22,30H,8,11H2,1-2H3/t14-,19-/m0/s1. The number of rotatable bonds is 7. The molecule has 0 saturated carbocycles. The lowest BCUT2D eigenvalue weighted by Crippen LogP contribution is -2.44. The molecular formula is C22H21ClF3N7O2S2. The van der Waals surface area contributed by atoms with Gasteiger partial charge in [-0.2, -0.15) is 31.3 Å². The quantitative estimate of drug-likeness (QED) is 0.464. The SMILES string of the molecule is CN(C)S(=O)(=O)N[C@H]1CC2=C(c3cnn(C(F)F)c3)[C@H](c3ccc(F)cc3Cl)N=C(c3nccs3)N2C1. The molecule has 5 rings (SSSR count). The third kappa shape index (κ3) is 4.91. The molecule has 0 aliphatic carbocycles. The average molecular weight is 572 g/mol. The van der Waals surface area contributed by atoms with Crippen LogP contribution in [0.1, 0.15) is 35.1 Å². The maximum atomic E-state index is 13.9. The molecule has 9 nitrogen and oxygen atoms in total. The van der Waals surface area contributed by atoms with Crippen molar-refractivity contribution in [1.82, 2.24) is 28.7 Å². The predicted octanol–water partition coefficient (Wildman–Crippen LogP) is 3.91. The molecule has 2 aliphatic rings. The normalized spacial score (nSPS) is 20.2. The first-order valence-corrected chi connectivity index (χ1v) is 13.7. The van der Waals surface area contributed by atoms with Crippen LogP contribution in [-0.4, -0.2) is 64.9 Å². The van der Waals surface area contributed by atoms with Gasteiger partial charge in [0.05, 0.1) is 6.20 Å². The zero-order chi connectivity index (χ0) is 26.5. The molecule has 4 heterocycles. The van der Waals surface area contributed by atoms with E-state index in [1.807, 2.05) is 4.90 Å². The maximum Gasteiger partial charge on any atom is 0.333 e. The summed E-state index contributed by atoms with van der Waals surface area (Å²) in [5.74, 6) is -0.0546. The van der Waals surface area contributed by atoms with Crippen LogP contribution in [0.2, 0.25) is 5.02 Å². The summed E-state index contributed by atoms with van der Waals surface area (Å²) < 4.78 is 70.2. The van der Waals surface area contributed by atoms with Crippen molar-refractivity contribution >= 4 is 44.6 Å². The van der Waals surface area contributed by atoms with Gasteiger partial charge >= 0.3 is 6.55 Å². The first-order valence-electron chi connectivity index (χ1n) is 11.0. The molecule has 1 fully saturated rings. The van der Waals surface area contributed by atoms with Gasteiger partial charge in [-0.1, -0.05) is 17.7 Å². The molecule has 1 aromatic carbocycles. The Morgan fingerprint density at radius 2 is 2.08 bits per heavy atom. The smallest absolute Gasteiger partial charge is 0.326 e. The number of hydrogen-bond donors (Lipinski definition) is 1. The van der Waals surface area contributed by atoms with Crippen molar-refractivity contribution in [3.05, 3.63) is 74.8 Å². The van der Waals surface area contributed by atoms with Crippen LogP contribution in [0.3, 0.4) is 0 Å². The molecule has 0 radical (unpaired) electrons. The summed E-state index contributed by atoms with van der Waals surface area (Å²) in [6, 6.07) is 2.56. The van der Waals surface area contributed by atoms with Crippen LogP contribution >= 0.6 is 22.9 Å². The minimum absolute atomic E-state index is 0.114. The van der Waals surface area contributed by atoms with Crippen LogP contribution in [0, 0.1) is 5.82 Å². The average Bonchev–Trinajstić information content (AvgIpc) is 3.58. The van der Waals surface area contributed by atoms with E-state index in [4.69, 9.17) is 16.6 Å². The number of aliphatic imine (C=N–C) groups is 1. The highest BCUT2D eigenvalue weighted by Gasteiger charge is 2.41. The third-order valence-corrected chi connectivity index (χ3v) is 8.74. The van der Waals surface area contributed by atoms with E-state index < -0.39 is 34.7 Å². The lowest BCUT2D eigenvalue weighted by atomic mass is 9.91. The van der Waals surface area contributed by atoms with Crippen molar-refractivity contribution in [2.24, 2.45) is 4.99 Å². The predicted molar refractivity (Wildman–Crippen MR) is 134 cm³/mol. The fraction of sp³-hybridized carbons (Fsp3) is 0.318. The van der Waals surface area contributed by atoms with E-state index >= 15 is 0 Å². The second-order valence-electron chi connectivity index (χ2n) is 8.62. The van der Waals surface area contributed by atoms with E-state index in [0.717, 1.165) is 10.4 Å². The Balaban J connectivity index is 1.70. The molecule has 1 N–H and O–H groups in total. The number of thiazole rings is 1. The number of halogens is 4. The maximum absolute atomic E-state index is 13.9. The second kappa shape index (κ2) is 9.83. The number of benzene rings is 1. The fourth-order valence-corrected chi connectivity index (χ4v) is 6.08. The number of aromatic nitrogens is 3. The van der Waals surface area contributed by atoms with Gasteiger partial charge in [0.25, 0.3) is 10.2 Å². The monoisotopic (exact) mass is 571 g/mol. The molecule has 2 aliphatic heterocycles. The van der Waals surface area contributed by atoms with Crippen molar-refractivity contribution in [2.75, 3.05) is 20.6 Å². The molecule has 196 valence electrons. The van der Waals surface area contributed by atoms with Gasteiger partial charge in [0, 0.05) is 72.7 Å². The van der Waals surface area contributed by atoms with Gasteiger partial charge in [0.15, 0.2) is 10.8 Å². The van der Waals surface area contributed by atoms with E-state index in [0.29, 0.717) is 37.9 Å². The molecule has 0 amide bonds. The fourth-order valence-electron chi connectivity index (χ4n) is 4.38. The molecule has 2 atom stereocenters. The van der Waals surface area contributed by atoms with E-state index in [1.54, 1.807) is 11.6 Å². The van der Waals surface area contributed by atoms with Crippen LogP contribution in [-0.2, 0) is 10.2 Å². The van der Waals surface area contributed by atoms with Crippen molar-refractivity contribution < 1.29 is 21.6 Å². The van der Waals surface area contributed by atoms with Crippen LogP contribution in [0.5, 0.6) is 0 Å². The summed E-state index contributed by atoms with van der Waals surface area (Å²) in [7, 11) is -0.920. The van der Waals surface area contributed by atoms with Gasteiger partial charge < -0.3 is 4.90 Å². The minimum Gasteiger partial charge on any atom is -0.326 e. The Labute approximate surface area is 220 Å². The summed E-state index contributed by atoms with van der Waals surface area (Å²) in [6.07, 6.45) is 4.37. The number of alkyl halides is 2. The van der Waals surface area contributed by atoms with Gasteiger partial charge in [0.2, 0.25) is 0 Å². The van der Waals surface area contributed by atoms with E-state index in [2.05, 4.69) is 14.8 Å². The van der Waals surface area contributed by atoms with E-state index in [9.17, 15) is 21.6 Å². The lowest BCUT2D eigenvalue weighted by molar-refractivity contribution is 0.0566.